The average Bonchev–Trinajstić information content (AvgIpc) is 2.53. The van der Waals surface area contributed by atoms with Crippen molar-refractivity contribution in [2.45, 2.75) is 0 Å². The molecule has 16 heavy (non-hydrogen) atoms. The van der Waals surface area contributed by atoms with Gasteiger partial charge >= 0.3 is 5.69 Å². The van der Waals surface area contributed by atoms with E-state index in [9.17, 15) is 4.79 Å². The van der Waals surface area contributed by atoms with Crippen LogP contribution in [0.3, 0.4) is 0 Å². The molecule has 0 aliphatic carbocycles. The van der Waals surface area contributed by atoms with Crippen LogP contribution in [0.1, 0.15) is 0 Å². The van der Waals surface area contributed by atoms with E-state index >= 15 is 0 Å². The Morgan fingerprint density at radius 3 is 2.25 bits per heavy atom. The van der Waals surface area contributed by atoms with Gasteiger partial charge < -0.3 is 0 Å². The largest absolute Gasteiger partial charge is 0.347 e. The Bertz CT molecular complexity index is 630. The van der Waals surface area contributed by atoms with Gasteiger partial charge in [0.15, 0.2) is 0 Å². The number of rotatable bonds is 1. The number of aromatic nitrogens is 3. The Hall–Kier alpha value is -0.750. The van der Waals surface area contributed by atoms with Gasteiger partial charge in [-0.05, 0) is 24.4 Å². The van der Waals surface area contributed by atoms with E-state index in [0.717, 1.165) is 0 Å². The highest BCUT2D eigenvalue weighted by atomic mass is 35.5. The molecule has 0 aliphatic rings. The first kappa shape index (κ1) is 11.7. The number of H-pyrrole nitrogens is 2. The molecule has 1 aromatic carbocycles. The van der Waals surface area contributed by atoms with Crippen LogP contribution in [0.15, 0.2) is 16.9 Å². The predicted molar refractivity (Wildman–Crippen MR) is 66.6 cm³/mol. The fourth-order valence-electron chi connectivity index (χ4n) is 1.21. The molecule has 0 amide bonds. The summed E-state index contributed by atoms with van der Waals surface area (Å²) in [6.45, 7) is 0. The van der Waals surface area contributed by atoms with Crippen LogP contribution in [0.2, 0.25) is 15.1 Å². The molecule has 4 nitrogen and oxygen atoms in total. The number of benzene rings is 1. The summed E-state index contributed by atoms with van der Waals surface area (Å²) >= 11 is 22.5. The molecule has 0 radical (unpaired) electrons. The monoisotopic (exact) mass is 295 g/mol. The van der Waals surface area contributed by atoms with Crippen molar-refractivity contribution in [3.63, 3.8) is 0 Å². The standard InChI is InChI=1S/C8H4Cl3N3OS/c9-3-1-5(11)6(2-4(3)10)14-7(15)12-13-8(14)16/h1-2H,(H,12,15)(H,13,16). The Morgan fingerprint density at radius 2 is 1.69 bits per heavy atom. The minimum absolute atomic E-state index is 0.199. The van der Waals surface area contributed by atoms with Crippen LogP contribution in [-0.2, 0) is 0 Å². The van der Waals surface area contributed by atoms with Crippen molar-refractivity contribution in [2.24, 2.45) is 0 Å². The van der Waals surface area contributed by atoms with Crippen LogP contribution < -0.4 is 5.69 Å². The van der Waals surface area contributed by atoms with Gasteiger partial charge in [-0.15, -0.1) is 0 Å². The minimum atomic E-state index is -0.426. The molecule has 0 unspecified atom stereocenters. The summed E-state index contributed by atoms with van der Waals surface area (Å²) in [5.41, 5.74) is -0.0474. The Labute approximate surface area is 110 Å². The summed E-state index contributed by atoms with van der Waals surface area (Å²) in [6.07, 6.45) is 0. The SMILES string of the molecule is O=c1[nH][nH]c(=S)n1-c1cc(Cl)c(Cl)cc1Cl. The van der Waals surface area contributed by atoms with E-state index in [1.807, 2.05) is 0 Å². The number of nitrogens with zero attached hydrogens (tertiary/aromatic N) is 1. The number of nitrogens with one attached hydrogen (secondary N) is 2. The molecule has 1 aromatic heterocycles. The molecule has 0 aliphatic heterocycles. The number of hydrogen-bond donors (Lipinski definition) is 2. The average molecular weight is 297 g/mol. The van der Waals surface area contributed by atoms with Gasteiger partial charge in [-0.2, -0.15) is 0 Å². The lowest BCUT2D eigenvalue weighted by atomic mass is 10.3. The number of aromatic amines is 2. The zero-order valence-electron chi connectivity index (χ0n) is 7.55. The van der Waals surface area contributed by atoms with Gasteiger partial charge in [0.25, 0.3) is 0 Å². The number of hydrogen-bond acceptors (Lipinski definition) is 2. The maximum Gasteiger partial charge on any atom is 0.347 e. The summed E-state index contributed by atoms with van der Waals surface area (Å²) in [5, 5.41) is 5.74. The van der Waals surface area contributed by atoms with Crippen molar-refractivity contribution in [1.29, 1.82) is 0 Å². The molecule has 0 spiro atoms. The summed E-state index contributed by atoms with van der Waals surface area (Å²) in [4.78, 5) is 11.5. The number of halogens is 3. The van der Waals surface area contributed by atoms with Crippen LogP contribution in [0, 0.1) is 4.77 Å². The summed E-state index contributed by atoms with van der Waals surface area (Å²) in [5.74, 6) is 0. The third kappa shape index (κ3) is 1.91. The lowest BCUT2D eigenvalue weighted by Crippen LogP contribution is -2.15. The molecular weight excluding hydrogens is 293 g/mol. The fraction of sp³-hybridized carbons (Fsp3) is 0. The second-order valence-electron chi connectivity index (χ2n) is 2.91. The van der Waals surface area contributed by atoms with E-state index in [4.69, 9.17) is 47.0 Å². The Balaban J connectivity index is 2.80. The summed E-state index contributed by atoms with van der Waals surface area (Å²) in [7, 11) is 0. The summed E-state index contributed by atoms with van der Waals surface area (Å²) < 4.78 is 1.39. The normalized spacial score (nSPS) is 10.7. The van der Waals surface area contributed by atoms with Crippen LogP contribution in [-0.4, -0.2) is 14.8 Å². The molecule has 2 N–H and O–H groups in total. The maximum absolute atomic E-state index is 11.5. The molecular formula is C8H4Cl3N3OS. The van der Waals surface area contributed by atoms with E-state index < -0.39 is 5.69 Å². The fourth-order valence-corrected chi connectivity index (χ4v) is 2.07. The van der Waals surface area contributed by atoms with Crippen molar-refractivity contribution >= 4 is 47.0 Å². The van der Waals surface area contributed by atoms with E-state index in [-0.39, 0.29) is 9.79 Å². The van der Waals surface area contributed by atoms with Gasteiger partial charge in [0, 0.05) is 0 Å². The minimum Gasteiger partial charge on any atom is -0.272 e. The molecule has 1 heterocycles. The second-order valence-corrected chi connectivity index (χ2v) is 4.52. The highest BCUT2D eigenvalue weighted by Gasteiger charge is 2.11. The topological polar surface area (TPSA) is 53.6 Å². The molecule has 0 saturated heterocycles. The van der Waals surface area contributed by atoms with Crippen LogP contribution in [0.25, 0.3) is 5.69 Å². The molecule has 2 aromatic rings. The first-order valence-corrected chi connectivity index (χ1v) is 5.59. The van der Waals surface area contributed by atoms with E-state index in [1.54, 1.807) is 0 Å². The predicted octanol–water partition coefficient (Wildman–Crippen LogP) is 3.18. The van der Waals surface area contributed by atoms with Crippen LogP contribution >= 0.6 is 47.0 Å². The molecule has 0 bridgehead atoms. The third-order valence-electron chi connectivity index (χ3n) is 1.91. The lowest BCUT2D eigenvalue weighted by molar-refractivity contribution is 0.976. The zero-order chi connectivity index (χ0) is 11.9. The van der Waals surface area contributed by atoms with Crippen LogP contribution in [0.4, 0.5) is 0 Å². The van der Waals surface area contributed by atoms with Crippen molar-refractivity contribution in [1.82, 2.24) is 14.8 Å². The molecule has 0 saturated carbocycles. The van der Waals surface area contributed by atoms with Gasteiger partial charge in [0.1, 0.15) is 0 Å². The van der Waals surface area contributed by atoms with E-state index in [1.165, 1.54) is 16.7 Å². The molecule has 84 valence electrons. The van der Waals surface area contributed by atoms with Crippen molar-refractivity contribution < 1.29 is 0 Å². The zero-order valence-corrected chi connectivity index (χ0v) is 10.6. The first-order valence-electron chi connectivity index (χ1n) is 4.05. The van der Waals surface area contributed by atoms with Crippen LogP contribution in [0.5, 0.6) is 0 Å². The Morgan fingerprint density at radius 1 is 1.06 bits per heavy atom. The smallest absolute Gasteiger partial charge is 0.272 e. The van der Waals surface area contributed by atoms with Gasteiger partial charge in [-0.25, -0.2) is 14.5 Å². The molecule has 2 rings (SSSR count). The quantitative estimate of drug-likeness (QED) is 0.627. The Kier molecular flexibility index (Phi) is 3.12. The van der Waals surface area contributed by atoms with Crippen molar-refractivity contribution in [3.8, 4) is 5.69 Å². The van der Waals surface area contributed by atoms with Gasteiger partial charge in [0.05, 0.1) is 20.8 Å². The summed E-state index contributed by atoms with van der Waals surface area (Å²) in [6, 6.07) is 2.93. The van der Waals surface area contributed by atoms with Gasteiger partial charge in [0.2, 0.25) is 4.77 Å². The lowest BCUT2D eigenvalue weighted by Gasteiger charge is -2.05. The van der Waals surface area contributed by atoms with Crippen molar-refractivity contribution in [3.05, 3.63) is 42.5 Å². The van der Waals surface area contributed by atoms with Gasteiger partial charge in [-0.1, -0.05) is 34.8 Å². The maximum atomic E-state index is 11.5. The molecule has 0 fully saturated rings. The van der Waals surface area contributed by atoms with E-state index in [2.05, 4.69) is 10.2 Å². The van der Waals surface area contributed by atoms with E-state index in [0.29, 0.717) is 15.7 Å². The van der Waals surface area contributed by atoms with Gasteiger partial charge in [-0.3, -0.25) is 5.10 Å². The first-order chi connectivity index (χ1) is 7.50. The second kappa shape index (κ2) is 4.25. The molecule has 8 heteroatoms. The highest BCUT2D eigenvalue weighted by Crippen LogP contribution is 2.30. The highest BCUT2D eigenvalue weighted by molar-refractivity contribution is 7.71. The molecule has 0 atom stereocenters. The van der Waals surface area contributed by atoms with Crippen molar-refractivity contribution in [2.75, 3.05) is 0 Å². The third-order valence-corrected chi connectivity index (χ3v) is 3.22.